The van der Waals surface area contributed by atoms with Crippen molar-refractivity contribution in [2.75, 3.05) is 13.2 Å². The molecule has 8 nitrogen and oxygen atoms in total. The average Bonchev–Trinajstić information content (AvgIpc) is 3.64. The van der Waals surface area contributed by atoms with Gasteiger partial charge >= 0.3 is 0 Å². The highest BCUT2D eigenvalue weighted by Gasteiger charge is 2.08. The molecular weight excluding hydrogens is 428 g/mol. The number of ether oxygens (including phenoxy) is 2. The molecule has 0 saturated heterocycles. The molecule has 0 spiro atoms. The predicted octanol–water partition coefficient (Wildman–Crippen LogP) is 3.48. The highest BCUT2D eigenvalue weighted by molar-refractivity contribution is 5.24. The van der Waals surface area contributed by atoms with Gasteiger partial charge in [-0.3, -0.25) is 0 Å². The maximum atomic E-state index is 5.76. The first kappa shape index (κ1) is 22.2. The van der Waals surface area contributed by atoms with Crippen molar-refractivity contribution in [3.63, 3.8) is 0 Å². The lowest BCUT2D eigenvalue weighted by Crippen LogP contribution is -2.04. The van der Waals surface area contributed by atoms with Gasteiger partial charge < -0.3 is 9.47 Å². The van der Waals surface area contributed by atoms with Crippen LogP contribution in [0.3, 0.4) is 0 Å². The topological polar surface area (TPSA) is 79.9 Å². The van der Waals surface area contributed by atoms with Gasteiger partial charge in [-0.15, -0.1) is 10.2 Å². The van der Waals surface area contributed by atoms with E-state index in [0.29, 0.717) is 51.4 Å². The predicted molar refractivity (Wildman–Crippen MR) is 128 cm³/mol. The van der Waals surface area contributed by atoms with Crippen LogP contribution in [0.5, 0.6) is 0 Å². The van der Waals surface area contributed by atoms with Crippen molar-refractivity contribution in [3.8, 4) is 0 Å². The zero-order valence-corrected chi connectivity index (χ0v) is 19.0. The van der Waals surface area contributed by atoms with Crippen LogP contribution < -0.4 is 0 Å². The summed E-state index contributed by atoms with van der Waals surface area (Å²) in [4.78, 5) is 0. The number of aromatic nitrogens is 6. The maximum Gasteiger partial charge on any atom is 0.108 e. The molecule has 2 aliphatic carbocycles. The Bertz CT molecular complexity index is 1090. The van der Waals surface area contributed by atoms with Crippen LogP contribution in [0.2, 0.25) is 0 Å². The molecule has 0 atom stereocenters. The zero-order valence-electron chi connectivity index (χ0n) is 19.0. The van der Waals surface area contributed by atoms with Crippen LogP contribution in [0.4, 0.5) is 0 Å². The standard InChI is InChI=1S/C26H28N6O2/c1-2-7-21(6-1)17-33-19-25-15-31(29-27-25)13-23-10-5-11-24(12-23)14-32-16-26(28-30-32)20-34-18-22-8-3-4-9-22/h1-12,15-16,21-22H,13-14,17-20H2. The van der Waals surface area contributed by atoms with Crippen molar-refractivity contribution in [3.05, 3.63) is 108 Å². The molecule has 0 amide bonds. The van der Waals surface area contributed by atoms with E-state index in [-0.39, 0.29) is 0 Å². The molecule has 1 aromatic carbocycles. The monoisotopic (exact) mass is 456 g/mol. The van der Waals surface area contributed by atoms with E-state index in [4.69, 9.17) is 9.47 Å². The Kier molecular flexibility index (Phi) is 7.18. The number of allylic oxidation sites excluding steroid dienone is 4. The van der Waals surface area contributed by atoms with Gasteiger partial charge in [0.1, 0.15) is 11.4 Å². The Balaban J connectivity index is 1.09. The lowest BCUT2D eigenvalue weighted by Gasteiger charge is -2.06. The quantitative estimate of drug-likeness (QED) is 0.415. The van der Waals surface area contributed by atoms with Crippen LogP contribution in [0.15, 0.2) is 85.3 Å². The Morgan fingerprint density at radius 3 is 1.62 bits per heavy atom. The number of rotatable bonds is 12. The van der Waals surface area contributed by atoms with Crippen LogP contribution in [0.25, 0.3) is 0 Å². The maximum absolute atomic E-state index is 5.76. The number of nitrogens with zero attached hydrogens (tertiary/aromatic N) is 6. The first-order valence-corrected chi connectivity index (χ1v) is 11.5. The Hall–Kier alpha value is -3.62. The normalized spacial score (nSPS) is 15.3. The SMILES string of the molecule is C1=CC(COCc2cn(Cc3cccc(Cn4cc(COCC5C=CC=C5)nn4)c3)nn2)C=C1. The van der Waals surface area contributed by atoms with Gasteiger partial charge in [0.05, 0.1) is 51.9 Å². The number of hydrogen-bond acceptors (Lipinski definition) is 6. The second-order valence-electron chi connectivity index (χ2n) is 8.53. The second kappa shape index (κ2) is 11.0. The van der Waals surface area contributed by atoms with Gasteiger partial charge in [0.2, 0.25) is 0 Å². The molecule has 5 rings (SSSR count). The summed E-state index contributed by atoms with van der Waals surface area (Å²) in [6.07, 6.45) is 20.6. The minimum Gasteiger partial charge on any atom is -0.374 e. The molecule has 8 heteroatoms. The Labute approximate surface area is 198 Å². The molecule has 2 aliphatic rings. The fourth-order valence-electron chi connectivity index (χ4n) is 3.94. The van der Waals surface area contributed by atoms with Gasteiger partial charge in [-0.25, -0.2) is 9.36 Å². The summed E-state index contributed by atoms with van der Waals surface area (Å²) >= 11 is 0. The van der Waals surface area contributed by atoms with Crippen molar-refractivity contribution in [1.82, 2.24) is 30.0 Å². The summed E-state index contributed by atoms with van der Waals surface area (Å²) in [5.41, 5.74) is 3.97. The minimum atomic E-state index is 0.359. The van der Waals surface area contributed by atoms with E-state index in [1.54, 1.807) is 0 Å². The molecule has 0 unspecified atom stereocenters. The van der Waals surface area contributed by atoms with Gasteiger partial charge in [0.25, 0.3) is 0 Å². The van der Waals surface area contributed by atoms with E-state index in [0.717, 1.165) is 22.5 Å². The summed E-state index contributed by atoms with van der Waals surface area (Å²) in [6.45, 7) is 3.54. The summed E-state index contributed by atoms with van der Waals surface area (Å²) in [5.74, 6) is 0.719. The molecule has 0 fully saturated rings. The third-order valence-corrected chi connectivity index (χ3v) is 5.63. The highest BCUT2D eigenvalue weighted by Crippen LogP contribution is 2.12. The van der Waals surface area contributed by atoms with Crippen LogP contribution in [0, 0.1) is 11.8 Å². The van der Waals surface area contributed by atoms with Crippen molar-refractivity contribution in [2.45, 2.75) is 26.3 Å². The van der Waals surface area contributed by atoms with Gasteiger partial charge in [-0.05, 0) is 11.1 Å². The van der Waals surface area contributed by atoms with E-state index in [2.05, 4.69) is 69.2 Å². The van der Waals surface area contributed by atoms with Crippen LogP contribution in [-0.4, -0.2) is 43.2 Å². The summed E-state index contributed by atoms with van der Waals surface area (Å²) < 4.78 is 15.2. The molecule has 3 aromatic rings. The van der Waals surface area contributed by atoms with Crippen LogP contribution in [0.1, 0.15) is 22.5 Å². The Morgan fingerprint density at radius 2 is 1.15 bits per heavy atom. The molecule has 0 bridgehead atoms. The molecule has 0 saturated carbocycles. The van der Waals surface area contributed by atoms with E-state index in [1.165, 1.54) is 0 Å². The highest BCUT2D eigenvalue weighted by atomic mass is 16.5. The van der Waals surface area contributed by atoms with Crippen molar-refractivity contribution < 1.29 is 9.47 Å². The smallest absolute Gasteiger partial charge is 0.108 e. The molecule has 174 valence electrons. The molecule has 2 heterocycles. The van der Waals surface area contributed by atoms with Crippen molar-refractivity contribution in [2.24, 2.45) is 11.8 Å². The van der Waals surface area contributed by atoms with Crippen molar-refractivity contribution in [1.29, 1.82) is 0 Å². The minimum absolute atomic E-state index is 0.359. The van der Waals surface area contributed by atoms with Gasteiger partial charge in [0.15, 0.2) is 0 Å². The van der Waals surface area contributed by atoms with Gasteiger partial charge in [-0.1, -0.05) is 83.3 Å². The van der Waals surface area contributed by atoms with E-state index < -0.39 is 0 Å². The largest absolute Gasteiger partial charge is 0.374 e. The third kappa shape index (κ3) is 6.24. The molecular formula is C26H28N6O2. The molecule has 2 aromatic heterocycles. The lowest BCUT2D eigenvalue weighted by atomic mass is 10.1. The Morgan fingerprint density at radius 1 is 0.676 bits per heavy atom. The average molecular weight is 457 g/mol. The molecule has 0 aliphatic heterocycles. The first-order chi connectivity index (χ1) is 16.8. The summed E-state index contributed by atoms with van der Waals surface area (Å²) in [5, 5.41) is 16.9. The van der Waals surface area contributed by atoms with Crippen LogP contribution >= 0.6 is 0 Å². The molecule has 0 N–H and O–H groups in total. The van der Waals surface area contributed by atoms with E-state index >= 15 is 0 Å². The third-order valence-electron chi connectivity index (χ3n) is 5.63. The van der Waals surface area contributed by atoms with E-state index in [1.807, 2.05) is 46.1 Å². The first-order valence-electron chi connectivity index (χ1n) is 11.5. The summed E-state index contributed by atoms with van der Waals surface area (Å²) in [7, 11) is 0. The molecule has 34 heavy (non-hydrogen) atoms. The summed E-state index contributed by atoms with van der Waals surface area (Å²) in [6, 6.07) is 8.39. The fourth-order valence-corrected chi connectivity index (χ4v) is 3.94. The number of benzene rings is 1. The fraction of sp³-hybridized carbons (Fsp3) is 0.308. The molecule has 0 radical (unpaired) electrons. The number of hydrogen-bond donors (Lipinski definition) is 0. The van der Waals surface area contributed by atoms with Gasteiger partial charge in [0, 0.05) is 11.8 Å². The second-order valence-corrected chi connectivity index (χ2v) is 8.53. The van der Waals surface area contributed by atoms with Crippen LogP contribution in [-0.2, 0) is 35.8 Å². The zero-order chi connectivity index (χ0) is 23.0. The van der Waals surface area contributed by atoms with E-state index in [9.17, 15) is 0 Å². The lowest BCUT2D eigenvalue weighted by molar-refractivity contribution is 0.108. The van der Waals surface area contributed by atoms with Gasteiger partial charge in [-0.2, -0.15) is 0 Å². The van der Waals surface area contributed by atoms with Crippen molar-refractivity contribution >= 4 is 0 Å².